The number of nitrogens with zero attached hydrogens (tertiary/aromatic N) is 3. The van der Waals surface area contributed by atoms with Crippen LogP contribution in [0.25, 0.3) is 0 Å². The zero-order chi connectivity index (χ0) is 21.3. The summed E-state index contributed by atoms with van der Waals surface area (Å²) in [5, 5.41) is 2.88. The van der Waals surface area contributed by atoms with E-state index in [9.17, 15) is 9.59 Å². The second-order valence-corrected chi connectivity index (χ2v) is 8.55. The highest BCUT2D eigenvalue weighted by Crippen LogP contribution is 2.38. The van der Waals surface area contributed by atoms with Crippen molar-refractivity contribution in [3.05, 3.63) is 52.3 Å². The number of carbonyl (C=O) groups excluding carboxylic acids is 2. The van der Waals surface area contributed by atoms with Gasteiger partial charge in [0, 0.05) is 23.9 Å². The largest absolute Gasteiger partial charge is 0.493 e. The van der Waals surface area contributed by atoms with Crippen LogP contribution < -0.4 is 9.47 Å². The molecule has 8 heteroatoms. The lowest BCUT2D eigenvalue weighted by Crippen LogP contribution is -2.42. The summed E-state index contributed by atoms with van der Waals surface area (Å²) in [6.45, 7) is 0. The van der Waals surface area contributed by atoms with Gasteiger partial charge in [0.15, 0.2) is 11.5 Å². The fourth-order valence-corrected chi connectivity index (χ4v) is 4.48. The molecule has 30 heavy (non-hydrogen) atoms. The number of hydrogen-bond donors (Lipinski definition) is 0. The Balaban J connectivity index is 1.58. The Hall–Kier alpha value is -2.45. The molecule has 1 saturated heterocycles. The molecule has 1 aromatic heterocycles. The number of pyridine rings is 1. The standard InChI is InChI=1S/C22H24BrN3O4/c1-25-18(11-21(27)26(25)22(28)15-9-16(23)13-24-12-15)14-7-8-19(29-2)20(10-14)30-17-5-3-4-6-17/h7-10,12-13,17-18H,3-6,11H2,1-2H3. The van der Waals surface area contributed by atoms with E-state index in [1.807, 2.05) is 18.2 Å². The highest BCUT2D eigenvalue weighted by atomic mass is 79.9. The van der Waals surface area contributed by atoms with Crippen LogP contribution in [-0.2, 0) is 4.79 Å². The quantitative estimate of drug-likeness (QED) is 0.607. The van der Waals surface area contributed by atoms with Crippen molar-refractivity contribution in [2.75, 3.05) is 14.2 Å². The van der Waals surface area contributed by atoms with Crippen molar-refractivity contribution in [2.24, 2.45) is 0 Å². The Morgan fingerprint density at radius 1 is 1.17 bits per heavy atom. The van der Waals surface area contributed by atoms with Crippen LogP contribution in [0.5, 0.6) is 11.5 Å². The number of amides is 2. The van der Waals surface area contributed by atoms with Crippen LogP contribution in [0, 0.1) is 0 Å². The van der Waals surface area contributed by atoms with E-state index in [4.69, 9.17) is 9.47 Å². The smallest absolute Gasteiger partial charge is 0.276 e. The summed E-state index contributed by atoms with van der Waals surface area (Å²) >= 11 is 3.32. The average Bonchev–Trinajstić information content (AvgIpc) is 3.35. The number of carbonyl (C=O) groups is 2. The summed E-state index contributed by atoms with van der Waals surface area (Å²) in [5.41, 5.74) is 1.26. The summed E-state index contributed by atoms with van der Waals surface area (Å²) in [4.78, 5) is 29.7. The number of halogens is 1. The van der Waals surface area contributed by atoms with Crippen LogP contribution in [0.2, 0.25) is 0 Å². The first-order valence-corrected chi connectivity index (χ1v) is 10.8. The fraction of sp³-hybridized carbons (Fsp3) is 0.409. The number of benzene rings is 1. The molecule has 1 atom stereocenters. The maximum Gasteiger partial charge on any atom is 0.276 e. The van der Waals surface area contributed by atoms with Crippen molar-refractivity contribution in [3.63, 3.8) is 0 Å². The molecule has 1 aliphatic carbocycles. The van der Waals surface area contributed by atoms with Crippen molar-refractivity contribution < 1.29 is 19.1 Å². The lowest BCUT2D eigenvalue weighted by molar-refractivity contribution is -0.132. The van der Waals surface area contributed by atoms with Crippen LogP contribution in [0.1, 0.15) is 54.1 Å². The van der Waals surface area contributed by atoms with Gasteiger partial charge in [-0.2, -0.15) is 0 Å². The maximum atomic E-state index is 13.0. The molecule has 2 amide bonds. The fourth-order valence-electron chi connectivity index (χ4n) is 4.12. The van der Waals surface area contributed by atoms with Crippen molar-refractivity contribution in [3.8, 4) is 11.5 Å². The molecule has 2 fully saturated rings. The van der Waals surface area contributed by atoms with Crippen LogP contribution in [-0.4, -0.2) is 47.1 Å². The Bertz CT molecular complexity index is 961. The van der Waals surface area contributed by atoms with Crippen molar-refractivity contribution in [2.45, 2.75) is 44.2 Å². The minimum absolute atomic E-state index is 0.194. The van der Waals surface area contributed by atoms with Gasteiger partial charge in [-0.15, -0.1) is 0 Å². The Kier molecular flexibility index (Phi) is 6.06. The molecule has 1 saturated carbocycles. The van der Waals surface area contributed by atoms with Crippen molar-refractivity contribution in [1.29, 1.82) is 0 Å². The van der Waals surface area contributed by atoms with E-state index in [0.29, 0.717) is 21.5 Å². The Morgan fingerprint density at radius 3 is 2.63 bits per heavy atom. The summed E-state index contributed by atoms with van der Waals surface area (Å²) in [6.07, 6.45) is 7.89. The maximum absolute atomic E-state index is 13.0. The highest BCUT2D eigenvalue weighted by molar-refractivity contribution is 9.10. The average molecular weight is 474 g/mol. The molecule has 7 nitrogen and oxygen atoms in total. The minimum Gasteiger partial charge on any atom is -0.493 e. The molecule has 158 valence electrons. The van der Waals surface area contributed by atoms with E-state index in [-0.39, 0.29) is 24.5 Å². The van der Waals surface area contributed by atoms with E-state index in [0.717, 1.165) is 18.4 Å². The number of hydrogen-bond acceptors (Lipinski definition) is 6. The van der Waals surface area contributed by atoms with Gasteiger partial charge in [0.2, 0.25) is 5.91 Å². The van der Waals surface area contributed by atoms with Gasteiger partial charge in [0.25, 0.3) is 5.91 Å². The van der Waals surface area contributed by atoms with Gasteiger partial charge in [-0.1, -0.05) is 6.07 Å². The van der Waals surface area contributed by atoms with Gasteiger partial charge < -0.3 is 9.47 Å². The molecule has 1 unspecified atom stereocenters. The van der Waals surface area contributed by atoms with Gasteiger partial charge in [0.05, 0.1) is 31.2 Å². The topological polar surface area (TPSA) is 72.0 Å². The van der Waals surface area contributed by atoms with Crippen LogP contribution in [0.4, 0.5) is 0 Å². The third kappa shape index (κ3) is 4.06. The molecule has 0 radical (unpaired) electrons. The summed E-state index contributed by atoms with van der Waals surface area (Å²) in [7, 11) is 3.37. The Morgan fingerprint density at radius 2 is 1.93 bits per heavy atom. The zero-order valence-electron chi connectivity index (χ0n) is 17.0. The normalized spacial score (nSPS) is 20.0. The second-order valence-electron chi connectivity index (χ2n) is 7.63. The number of hydrazine groups is 1. The van der Waals surface area contributed by atoms with E-state index in [1.54, 1.807) is 31.4 Å². The molecule has 4 rings (SSSR count). The van der Waals surface area contributed by atoms with Gasteiger partial charge in [-0.05, 0) is 65.4 Å². The lowest BCUT2D eigenvalue weighted by Gasteiger charge is -2.27. The van der Waals surface area contributed by atoms with E-state index in [1.165, 1.54) is 24.0 Å². The Labute approximate surface area is 184 Å². The summed E-state index contributed by atoms with van der Waals surface area (Å²) < 4.78 is 12.3. The molecule has 2 aliphatic rings. The van der Waals surface area contributed by atoms with E-state index in [2.05, 4.69) is 20.9 Å². The second kappa shape index (κ2) is 8.73. The first-order chi connectivity index (χ1) is 14.5. The number of ether oxygens (including phenoxy) is 2. The van der Waals surface area contributed by atoms with Crippen molar-refractivity contribution >= 4 is 27.7 Å². The SMILES string of the molecule is COc1ccc(C2CC(=O)N(C(=O)c3cncc(Br)c3)N2C)cc1OC1CCCC1. The number of methoxy groups -OCH3 is 1. The lowest BCUT2D eigenvalue weighted by atomic mass is 10.0. The molecular weight excluding hydrogens is 450 g/mol. The molecular formula is C22H24BrN3O4. The predicted octanol–water partition coefficient (Wildman–Crippen LogP) is 4.13. The predicted molar refractivity (Wildman–Crippen MR) is 114 cm³/mol. The monoisotopic (exact) mass is 473 g/mol. The molecule has 0 N–H and O–H groups in total. The van der Waals surface area contributed by atoms with Crippen LogP contribution >= 0.6 is 15.9 Å². The zero-order valence-corrected chi connectivity index (χ0v) is 18.6. The van der Waals surface area contributed by atoms with E-state index < -0.39 is 5.91 Å². The van der Waals surface area contributed by atoms with Gasteiger partial charge in [-0.3, -0.25) is 14.6 Å². The number of imide groups is 1. The van der Waals surface area contributed by atoms with Crippen LogP contribution in [0.15, 0.2) is 41.1 Å². The molecule has 0 spiro atoms. The summed E-state index contributed by atoms with van der Waals surface area (Å²) in [6, 6.07) is 7.10. The van der Waals surface area contributed by atoms with Crippen molar-refractivity contribution in [1.82, 2.24) is 15.0 Å². The van der Waals surface area contributed by atoms with Gasteiger partial charge in [-0.25, -0.2) is 10.0 Å². The third-order valence-electron chi connectivity index (χ3n) is 5.68. The highest BCUT2D eigenvalue weighted by Gasteiger charge is 2.40. The van der Waals surface area contributed by atoms with Gasteiger partial charge >= 0.3 is 0 Å². The van der Waals surface area contributed by atoms with Crippen LogP contribution in [0.3, 0.4) is 0 Å². The molecule has 2 heterocycles. The van der Waals surface area contributed by atoms with Gasteiger partial charge in [0.1, 0.15) is 0 Å². The molecule has 2 aromatic rings. The molecule has 1 aromatic carbocycles. The first-order valence-electron chi connectivity index (χ1n) is 10.0. The molecule has 1 aliphatic heterocycles. The minimum atomic E-state index is -0.394. The first kappa shape index (κ1) is 20.8. The summed E-state index contributed by atoms with van der Waals surface area (Å²) in [5.74, 6) is 0.714. The number of rotatable bonds is 5. The third-order valence-corrected chi connectivity index (χ3v) is 6.12. The molecule has 0 bridgehead atoms. The van der Waals surface area contributed by atoms with E-state index >= 15 is 0 Å². The number of aromatic nitrogens is 1.